The molecule has 0 bridgehead atoms. The van der Waals surface area contributed by atoms with Crippen molar-refractivity contribution in [3.05, 3.63) is 30.1 Å². The van der Waals surface area contributed by atoms with E-state index in [0.29, 0.717) is 19.4 Å². The van der Waals surface area contributed by atoms with Crippen LogP contribution in [-0.2, 0) is 14.8 Å². The first kappa shape index (κ1) is 20.8. The number of hydrogen-bond donors (Lipinski definition) is 1. The van der Waals surface area contributed by atoms with E-state index in [2.05, 4.69) is 24.1 Å². The fourth-order valence-corrected chi connectivity index (χ4v) is 4.71. The van der Waals surface area contributed by atoms with E-state index in [0.717, 1.165) is 25.7 Å². The van der Waals surface area contributed by atoms with Crippen molar-refractivity contribution in [2.75, 3.05) is 39.3 Å². The number of benzene rings is 1. The van der Waals surface area contributed by atoms with Crippen molar-refractivity contribution in [2.45, 2.75) is 31.6 Å². The highest BCUT2D eigenvalue weighted by Gasteiger charge is 2.33. The lowest BCUT2D eigenvalue weighted by Crippen LogP contribution is -2.44. The van der Waals surface area contributed by atoms with Crippen LogP contribution in [0.2, 0.25) is 0 Å². The van der Waals surface area contributed by atoms with E-state index in [9.17, 15) is 17.6 Å². The number of halogens is 1. The van der Waals surface area contributed by atoms with E-state index in [1.54, 1.807) is 0 Å². The Morgan fingerprint density at radius 1 is 1.23 bits per heavy atom. The van der Waals surface area contributed by atoms with Crippen LogP contribution in [0.5, 0.6) is 0 Å². The van der Waals surface area contributed by atoms with Gasteiger partial charge >= 0.3 is 0 Å². The highest BCUT2D eigenvalue weighted by atomic mass is 32.2. The monoisotopic (exact) mass is 385 g/mol. The molecule has 1 saturated heterocycles. The molecule has 1 aromatic rings. The number of hydrogen-bond acceptors (Lipinski definition) is 4. The molecule has 1 fully saturated rings. The third-order valence-corrected chi connectivity index (χ3v) is 6.83. The van der Waals surface area contributed by atoms with Crippen molar-refractivity contribution < 1.29 is 17.6 Å². The van der Waals surface area contributed by atoms with Crippen LogP contribution in [0.3, 0.4) is 0 Å². The van der Waals surface area contributed by atoms with Crippen LogP contribution in [0.4, 0.5) is 4.39 Å². The molecule has 0 aromatic heterocycles. The Balaban J connectivity index is 1.87. The van der Waals surface area contributed by atoms with E-state index >= 15 is 0 Å². The quantitative estimate of drug-likeness (QED) is 0.739. The summed E-state index contributed by atoms with van der Waals surface area (Å²) < 4.78 is 40.3. The normalized spacial score (nSPS) is 16.8. The van der Waals surface area contributed by atoms with Gasteiger partial charge in [-0.05, 0) is 38.1 Å². The number of amides is 1. The van der Waals surface area contributed by atoms with Crippen LogP contribution < -0.4 is 5.32 Å². The minimum atomic E-state index is -3.86. The lowest BCUT2D eigenvalue weighted by molar-refractivity contribution is -0.126. The van der Waals surface area contributed by atoms with Crippen LogP contribution in [0.1, 0.15) is 26.7 Å². The van der Waals surface area contributed by atoms with Gasteiger partial charge < -0.3 is 10.2 Å². The third kappa shape index (κ3) is 5.02. The zero-order valence-corrected chi connectivity index (χ0v) is 16.3. The Kier molecular flexibility index (Phi) is 7.55. The SMILES string of the molecule is CCN(CC)CCNC(=O)C1CCN(S(=O)(=O)c2ccccc2F)CC1. The van der Waals surface area contributed by atoms with Gasteiger partial charge in [-0.25, -0.2) is 12.8 Å². The average Bonchev–Trinajstić information content (AvgIpc) is 2.65. The van der Waals surface area contributed by atoms with Crippen molar-refractivity contribution in [1.82, 2.24) is 14.5 Å². The van der Waals surface area contributed by atoms with Crippen molar-refractivity contribution in [2.24, 2.45) is 5.92 Å². The van der Waals surface area contributed by atoms with E-state index < -0.39 is 15.8 Å². The second kappa shape index (κ2) is 9.43. The van der Waals surface area contributed by atoms with Gasteiger partial charge in [-0.1, -0.05) is 26.0 Å². The Morgan fingerprint density at radius 3 is 2.42 bits per heavy atom. The number of carbonyl (C=O) groups excluding carboxylic acids is 1. The van der Waals surface area contributed by atoms with Crippen molar-refractivity contribution >= 4 is 15.9 Å². The largest absolute Gasteiger partial charge is 0.355 e. The summed E-state index contributed by atoms with van der Waals surface area (Å²) in [6.45, 7) is 7.90. The first-order chi connectivity index (χ1) is 12.4. The number of piperidine rings is 1. The molecule has 0 aliphatic carbocycles. The number of likely N-dealkylation sites (N-methyl/N-ethyl adjacent to an activating group) is 1. The standard InChI is InChI=1S/C18H28FN3O3S/c1-3-21(4-2)14-11-20-18(23)15-9-12-22(13-10-15)26(24,25)17-8-6-5-7-16(17)19/h5-8,15H,3-4,9-14H2,1-2H3,(H,20,23). The van der Waals surface area contributed by atoms with Gasteiger partial charge in [-0.15, -0.1) is 0 Å². The highest BCUT2D eigenvalue weighted by Crippen LogP contribution is 2.25. The van der Waals surface area contributed by atoms with Crippen molar-refractivity contribution in [3.63, 3.8) is 0 Å². The van der Waals surface area contributed by atoms with Gasteiger partial charge in [0.15, 0.2) is 0 Å². The summed E-state index contributed by atoms with van der Waals surface area (Å²) in [6.07, 6.45) is 0.898. The number of sulfonamides is 1. The molecule has 1 amide bonds. The predicted molar refractivity (Wildman–Crippen MR) is 98.7 cm³/mol. The fraction of sp³-hybridized carbons (Fsp3) is 0.611. The smallest absolute Gasteiger partial charge is 0.245 e. The molecular formula is C18H28FN3O3S. The maximum Gasteiger partial charge on any atom is 0.245 e. The number of rotatable bonds is 8. The summed E-state index contributed by atoms with van der Waals surface area (Å²) in [7, 11) is -3.86. The predicted octanol–water partition coefficient (Wildman–Crippen LogP) is 1.68. The minimum absolute atomic E-state index is 0.0277. The number of carbonyl (C=O) groups is 1. The summed E-state index contributed by atoms with van der Waals surface area (Å²) >= 11 is 0. The molecule has 146 valence electrons. The number of nitrogens with one attached hydrogen (secondary N) is 1. The Bertz CT molecular complexity index is 699. The second-order valence-electron chi connectivity index (χ2n) is 6.43. The van der Waals surface area contributed by atoms with Crippen LogP contribution in [0.25, 0.3) is 0 Å². The first-order valence-corrected chi connectivity index (χ1v) is 10.6. The average molecular weight is 386 g/mol. The molecule has 26 heavy (non-hydrogen) atoms. The number of nitrogens with zero attached hydrogens (tertiary/aromatic N) is 2. The highest BCUT2D eigenvalue weighted by molar-refractivity contribution is 7.89. The van der Waals surface area contributed by atoms with Crippen molar-refractivity contribution in [3.8, 4) is 0 Å². The lowest BCUT2D eigenvalue weighted by atomic mass is 9.97. The Morgan fingerprint density at radius 2 is 1.85 bits per heavy atom. The van der Waals surface area contributed by atoms with Crippen LogP contribution in [-0.4, -0.2) is 62.8 Å². The summed E-state index contributed by atoms with van der Waals surface area (Å²) in [5.74, 6) is -0.970. The zero-order valence-electron chi connectivity index (χ0n) is 15.4. The van der Waals surface area contributed by atoms with Gasteiger partial charge in [0.05, 0.1) is 0 Å². The topological polar surface area (TPSA) is 69.7 Å². The van der Waals surface area contributed by atoms with Gasteiger partial charge in [0.1, 0.15) is 10.7 Å². The van der Waals surface area contributed by atoms with Gasteiger partial charge in [0.2, 0.25) is 15.9 Å². The van der Waals surface area contributed by atoms with E-state index in [1.807, 2.05) is 0 Å². The Hall–Kier alpha value is -1.51. The van der Waals surface area contributed by atoms with Gasteiger partial charge in [-0.2, -0.15) is 4.31 Å². The molecular weight excluding hydrogens is 357 g/mol. The van der Waals surface area contributed by atoms with E-state index in [4.69, 9.17) is 0 Å². The maximum atomic E-state index is 13.8. The zero-order chi connectivity index (χ0) is 19.2. The summed E-state index contributed by atoms with van der Waals surface area (Å²) in [6, 6.07) is 5.38. The molecule has 0 unspecified atom stereocenters. The molecule has 1 aromatic carbocycles. The molecule has 1 aliphatic heterocycles. The third-order valence-electron chi connectivity index (χ3n) is 4.90. The molecule has 8 heteroatoms. The first-order valence-electron chi connectivity index (χ1n) is 9.14. The second-order valence-corrected chi connectivity index (χ2v) is 8.33. The summed E-state index contributed by atoms with van der Waals surface area (Å²) in [5, 5.41) is 2.94. The van der Waals surface area contributed by atoms with Crippen LogP contribution >= 0.6 is 0 Å². The van der Waals surface area contributed by atoms with Crippen LogP contribution in [0.15, 0.2) is 29.2 Å². The summed E-state index contributed by atoms with van der Waals surface area (Å²) in [5.41, 5.74) is 0. The molecule has 1 N–H and O–H groups in total. The lowest BCUT2D eigenvalue weighted by Gasteiger charge is -2.30. The minimum Gasteiger partial charge on any atom is -0.355 e. The van der Waals surface area contributed by atoms with E-state index in [-0.39, 0.29) is 29.8 Å². The van der Waals surface area contributed by atoms with Gasteiger partial charge in [-0.3, -0.25) is 4.79 Å². The molecule has 0 atom stereocenters. The van der Waals surface area contributed by atoms with Crippen molar-refractivity contribution in [1.29, 1.82) is 0 Å². The van der Waals surface area contributed by atoms with Gasteiger partial charge in [0.25, 0.3) is 0 Å². The molecule has 2 rings (SSSR count). The fourth-order valence-electron chi connectivity index (χ4n) is 3.17. The summed E-state index contributed by atoms with van der Waals surface area (Å²) in [4.78, 5) is 14.2. The molecule has 0 spiro atoms. The molecule has 0 saturated carbocycles. The van der Waals surface area contributed by atoms with Gasteiger partial charge in [0, 0.05) is 32.1 Å². The molecule has 1 aliphatic rings. The molecule has 0 radical (unpaired) electrons. The molecule has 1 heterocycles. The van der Waals surface area contributed by atoms with Crippen LogP contribution in [0, 0.1) is 11.7 Å². The molecule has 6 nitrogen and oxygen atoms in total. The maximum absolute atomic E-state index is 13.8. The van der Waals surface area contributed by atoms with E-state index in [1.165, 1.54) is 22.5 Å². The Labute approximate surface area is 155 Å².